The third kappa shape index (κ3) is 3.99. The molecule has 1 fully saturated rings. The molecule has 0 aliphatic carbocycles. The lowest BCUT2D eigenvalue weighted by Crippen LogP contribution is -2.34. The molecule has 0 spiro atoms. The van der Waals surface area contributed by atoms with Crippen molar-refractivity contribution in [2.24, 2.45) is 0 Å². The van der Waals surface area contributed by atoms with Gasteiger partial charge >= 0.3 is 6.03 Å². The minimum Gasteiger partial charge on any atom is -0.372 e. The van der Waals surface area contributed by atoms with Crippen molar-refractivity contribution >= 4 is 11.7 Å². The van der Waals surface area contributed by atoms with E-state index in [2.05, 4.69) is 15.5 Å². The summed E-state index contributed by atoms with van der Waals surface area (Å²) < 4.78 is 10.5. The number of anilines is 1. The van der Waals surface area contributed by atoms with Crippen molar-refractivity contribution in [2.75, 3.05) is 18.5 Å². The quantitative estimate of drug-likeness (QED) is 0.896. The summed E-state index contributed by atoms with van der Waals surface area (Å²) in [5, 5.41) is 7.00. The molecule has 7 heteroatoms. The third-order valence-electron chi connectivity index (χ3n) is 4.48. The number of benzene rings is 1. The van der Waals surface area contributed by atoms with Gasteiger partial charge in [0, 0.05) is 18.8 Å². The van der Waals surface area contributed by atoms with Crippen LogP contribution in [-0.2, 0) is 11.3 Å². The standard InChI is InChI=1S/C18H24N4O3/c1-4-24-11-16-20-17(21-25-16)15-6-5-9-22(15)18(23)19-14-8-7-12(2)13(3)10-14/h7-8,10,15H,4-6,9,11H2,1-3H3,(H,19,23). The van der Waals surface area contributed by atoms with Gasteiger partial charge < -0.3 is 19.5 Å². The first kappa shape index (κ1) is 17.4. The van der Waals surface area contributed by atoms with Gasteiger partial charge in [0.05, 0.1) is 6.04 Å². The van der Waals surface area contributed by atoms with Crippen LogP contribution in [0.15, 0.2) is 22.7 Å². The lowest BCUT2D eigenvalue weighted by atomic mass is 10.1. The molecule has 0 bridgehead atoms. The van der Waals surface area contributed by atoms with Crippen LogP contribution in [0.25, 0.3) is 0 Å². The summed E-state index contributed by atoms with van der Waals surface area (Å²) in [6, 6.07) is 5.60. The zero-order chi connectivity index (χ0) is 17.8. The number of rotatable bonds is 5. The Kier molecular flexibility index (Phi) is 5.33. The van der Waals surface area contributed by atoms with Crippen LogP contribution in [0, 0.1) is 13.8 Å². The van der Waals surface area contributed by atoms with E-state index < -0.39 is 0 Å². The van der Waals surface area contributed by atoms with Crippen LogP contribution in [0.4, 0.5) is 10.5 Å². The number of likely N-dealkylation sites (tertiary alicyclic amines) is 1. The molecule has 1 aromatic carbocycles. The summed E-state index contributed by atoms with van der Waals surface area (Å²) in [5.41, 5.74) is 3.14. The first-order chi connectivity index (χ1) is 12.1. The van der Waals surface area contributed by atoms with E-state index in [1.807, 2.05) is 39.0 Å². The van der Waals surface area contributed by atoms with Crippen LogP contribution >= 0.6 is 0 Å². The highest BCUT2D eigenvalue weighted by atomic mass is 16.5. The molecular weight excluding hydrogens is 320 g/mol. The highest BCUT2D eigenvalue weighted by Crippen LogP contribution is 2.31. The number of urea groups is 1. The molecule has 0 radical (unpaired) electrons. The van der Waals surface area contributed by atoms with Gasteiger partial charge in [-0.05, 0) is 56.9 Å². The summed E-state index contributed by atoms with van der Waals surface area (Å²) >= 11 is 0. The second-order valence-corrected chi connectivity index (χ2v) is 6.26. The maximum atomic E-state index is 12.7. The van der Waals surface area contributed by atoms with Crippen LogP contribution in [-0.4, -0.2) is 34.2 Å². The molecule has 0 saturated carbocycles. The van der Waals surface area contributed by atoms with Crippen LogP contribution in [0.2, 0.25) is 0 Å². The zero-order valence-electron chi connectivity index (χ0n) is 14.9. The Morgan fingerprint density at radius 2 is 2.24 bits per heavy atom. The number of carbonyl (C=O) groups is 1. The first-order valence-electron chi connectivity index (χ1n) is 8.63. The van der Waals surface area contributed by atoms with E-state index in [-0.39, 0.29) is 12.1 Å². The van der Waals surface area contributed by atoms with Crippen molar-refractivity contribution in [3.63, 3.8) is 0 Å². The Balaban J connectivity index is 1.69. The van der Waals surface area contributed by atoms with Crippen LogP contribution in [0.3, 0.4) is 0 Å². The van der Waals surface area contributed by atoms with Crippen molar-refractivity contribution in [1.29, 1.82) is 0 Å². The Morgan fingerprint density at radius 3 is 3.00 bits per heavy atom. The monoisotopic (exact) mass is 344 g/mol. The molecule has 134 valence electrons. The van der Waals surface area contributed by atoms with Gasteiger partial charge in [-0.1, -0.05) is 11.2 Å². The molecule has 1 aromatic heterocycles. The number of amides is 2. The molecule has 7 nitrogen and oxygen atoms in total. The molecule has 2 amide bonds. The number of hydrogen-bond acceptors (Lipinski definition) is 5. The number of aromatic nitrogens is 2. The van der Waals surface area contributed by atoms with Gasteiger partial charge in [0.25, 0.3) is 5.89 Å². The molecule has 2 heterocycles. The molecule has 1 aliphatic rings. The highest BCUT2D eigenvalue weighted by molar-refractivity contribution is 5.89. The predicted octanol–water partition coefficient (Wildman–Crippen LogP) is 3.59. The molecule has 2 aromatic rings. The molecule has 25 heavy (non-hydrogen) atoms. The van der Waals surface area contributed by atoms with Gasteiger partial charge in [0.2, 0.25) is 0 Å². The number of nitrogens with zero attached hydrogens (tertiary/aromatic N) is 3. The van der Waals surface area contributed by atoms with Gasteiger partial charge in [-0.25, -0.2) is 4.79 Å². The van der Waals surface area contributed by atoms with E-state index >= 15 is 0 Å². The fourth-order valence-electron chi connectivity index (χ4n) is 2.94. The second-order valence-electron chi connectivity index (χ2n) is 6.26. The lowest BCUT2D eigenvalue weighted by molar-refractivity contribution is 0.109. The van der Waals surface area contributed by atoms with E-state index in [0.29, 0.717) is 31.5 Å². The summed E-state index contributed by atoms with van der Waals surface area (Å²) in [7, 11) is 0. The summed E-state index contributed by atoms with van der Waals surface area (Å²) in [4.78, 5) is 18.8. The van der Waals surface area contributed by atoms with Crippen molar-refractivity contribution in [3.05, 3.63) is 41.0 Å². The van der Waals surface area contributed by atoms with E-state index in [4.69, 9.17) is 9.26 Å². The summed E-state index contributed by atoms with van der Waals surface area (Å²) in [6.45, 7) is 7.55. The first-order valence-corrected chi connectivity index (χ1v) is 8.63. The van der Waals surface area contributed by atoms with Gasteiger partial charge in [0.1, 0.15) is 6.61 Å². The van der Waals surface area contributed by atoms with Crippen LogP contribution < -0.4 is 5.32 Å². The van der Waals surface area contributed by atoms with Gasteiger partial charge in [0.15, 0.2) is 5.82 Å². The predicted molar refractivity (Wildman–Crippen MR) is 93.2 cm³/mol. The van der Waals surface area contributed by atoms with Gasteiger partial charge in [-0.15, -0.1) is 0 Å². The van der Waals surface area contributed by atoms with Crippen LogP contribution in [0.5, 0.6) is 0 Å². The lowest BCUT2D eigenvalue weighted by Gasteiger charge is -2.22. The number of aryl methyl sites for hydroxylation is 2. The molecular formula is C18H24N4O3. The zero-order valence-corrected chi connectivity index (χ0v) is 14.9. The average Bonchev–Trinajstić information content (AvgIpc) is 3.25. The Bertz CT molecular complexity index is 744. The van der Waals surface area contributed by atoms with Crippen LogP contribution in [0.1, 0.15) is 48.6 Å². The molecule has 1 unspecified atom stereocenters. The fraction of sp³-hybridized carbons (Fsp3) is 0.500. The molecule has 3 rings (SSSR count). The molecule has 1 N–H and O–H groups in total. The Morgan fingerprint density at radius 1 is 1.40 bits per heavy atom. The van der Waals surface area contributed by atoms with E-state index in [1.165, 1.54) is 5.56 Å². The minimum absolute atomic E-state index is 0.137. The highest BCUT2D eigenvalue weighted by Gasteiger charge is 2.33. The topological polar surface area (TPSA) is 80.5 Å². The minimum atomic E-state index is -0.161. The maximum Gasteiger partial charge on any atom is 0.322 e. The molecule has 1 atom stereocenters. The maximum absolute atomic E-state index is 12.7. The van der Waals surface area contributed by atoms with Crippen molar-refractivity contribution in [3.8, 4) is 0 Å². The third-order valence-corrected chi connectivity index (χ3v) is 4.48. The molecule has 1 aliphatic heterocycles. The van der Waals surface area contributed by atoms with Gasteiger partial charge in [-0.3, -0.25) is 0 Å². The van der Waals surface area contributed by atoms with Crippen molar-refractivity contribution < 1.29 is 14.1 Å². The SMILES string of the molecule is CCOCc1nc(C2CCCN2C(=O)Nc2ccc(C)c(C)c2)no1. The fourth-order valence-corrected chi connectivity index (χ4v) is 2.94. The Labute approximate surface area is 147 Å². The van der Waals surface area contributed by atoms with Crippen molar-refractivity contribution in [1.82, 2.24) is 15.0 Å². The van der Waals surface area contributed by atoms with E-state index in [9.17, 15) is 4.79 Å². The number of hydrogen-bond donors (Lipinski definition) is 1. The number of nitrogens with one attached hydrogen (secondary N) is 1. The summed E-state index contributed by atoms with van der Waals surface area (Å²) in [5.74, 6) is 0.987. The van der Waals surface area contributed by atoms with E-state index in [1.54, 1.807) is 4.90 Å². The Hall–Kier alpha value is -2.41. The largest absolute Gasteiger partial charge is 0.372 e. The molecule has 1 saturated heterocycles. The normalized spacial score (nSPS) is 17.1. The number of carbonyl (C=O) groups excluding carboxylic acids is 1. The smallest absolute Gasteiger partial charge is 0.322 e. The van der Waals surface area contributed by atoms with Crippen molar-refractivity contribution in [2.45, 2.75) is 46.3 Å². The summed E-state index contributed by atoms with van der Waals surface area (Å²) in [6.07, 6.45) is 1.74. The van der Waals surface area contributed by atoms with Gasteiger partial charge in [-0.2, -0.15) is 4.98 Å². The van der Waals surface area contributed by atoms with E-state index in [0.717, 1.165) is 24.1 Å². The number of ether oxygens (including phenoxy) is 1. The second kappa shape index (κ2) is 7.65. The average molecular weight is 344 g/mol.